The van der Waals surface area contributed by atoms with Crippen molar-refractivity contribution in [3.63, 3.8) is 0 Å². The van der Waals surface area contributed by atoms with Crippen molar-refractivity contribution in [2.45, 2.75) is 10.9 Å². The highest BCUT2D eigenvalue weighted by Gasteiger charge is 2.33. The van der Waals surface area contributed by atoms with E-state index in [2.05, 4.69) is 0 Å². The van der Waals surface area contributed by atoms with E-state index in [1.807, 2.05) is 54.6 Å². The number of thioether (sulfide) groups is 1. The molecular weight excluding hydrogens is 389 g/mol. The molecule has 1 amide bonds. The Kier molecular flexibility index (Phi) is 5.62. The molecule has 1 aliphatic rings. The number of amides is 1. The van der Waals surface area contributed by atoms with Crippen molar-refractivity contribution in [1.82, 2.24) is 0 Å². The zero-order chi connectivity index (χ0) is 20.2. The van der Waals surface area contributed by atoms with Crippen molar-refractivity contribution in [3.8, 4) is 0 Å². The number of fused-ring (bicyclic) bond motifs is 1. The third-order valence-corrected chi connectivity index (χ3v) is 5.85. The van der Waals surface area contributed by atoms with Gasteiger partial charge in [0.25, 0.3) is 5.91 Å². The van der Waals surface area contributed by atoms with Gasteiger partial charge in [0.15, 0.2) is 6.61 Å². The minimum absolute atomic E-state index is 0.184. The van der Waals surface area contributed by atoms with Gasteiger partial charge in [-0.15, -0.1) is 11.8 Å². The largest absolute Gasteiger partial charge is 0.452 e. The molecule has 29 heavy (non-hydrogen) atoms. The molecular formula is C23H18FNO3S. The van der Waals surface area contributed by atoms with Crippen LogP contribution < -0.4 is 4.90 Å². The molecule has 1 atom stereocenters. The molecule has 0 aromatic heterocycles. The molecule has 1 heterocycles. The summed E-state index contributed by atoms with van der Waals surface area (Å²) in [7, 11) is 0. The molecule has 1 aliphatic heterocycles. The highest BCUT2D eigenvalue weighted by atomic mass is 32.2. The Morgan fingerprint density at radius 1 is 0.966 bits per heavy atom. The van der Waals surface area contributed by atoms with Crippen molar-refractivity contribution >= 4 is 29.3 Å². The normalized spacial score (nSPS) is 15.5. The Morgan fingerprint density at radius 2 is 1.66 bits per heavy atom. The number of para-hydroxylation sites is 1. The predicted octanol–water partition coefficient (Wildman–Crippen LogP) is 4.86. The summed E-state index contributed by atoms with van der Waals surface area (Å²) in [6.07, 6.45) is 0. The third kappa shape index (κ3) is 4.03. The second-order valence-corrected chi connectivity index (χ2v) is 7.59. The first kappa shape index (κ1) is 19.2. The van der Waals surface area contributed by atoms with Crippen LogP contribution in [0.25, 0.3) is 0 Å². The second-order valence-electron chi connectivity index (χ2n) is 6.52. The topological polar surface area (TPSA) is 46.6 Å². The van der Waals surface area contributed by atoms with Gasteiger partial charge in [0, 0.05) is 10.6 Å². The SMILES string of the molecule is O=C(OCC(=O)N1c2ccccc2SC[C@@H]1c1ccccc1)c1ccccc1F. The zero-order valence-electron chi connectivity index (χ0n) is 15.5. The molecule has 3 aromatic carbocycles. The van der Waals surface area contributed by atoms with Gasteiger partial charge in [0.05, 0.1) is 17.3 Å². The Bertz CT molecular complexity index is 1040. The van der Waals surface area contributed by atoms with Gasteiger partial charge in [0.1, 0.15) is 5.82 Å². The summed E-state index contributed by atoms with van der Waals surface area (Å²) >= 11 is 1.68. The monoisotopic (exact) mass is 407 g/mol. The van der Waals surface area contributed by atoms with Gasteiger partial charge in [-0.25, -0.2) is 9.18 Å². The molecule has 4 nitrogen and oxygen atoms in total. The number of esters is 1. The van der Waals surface area contributed by atoms with Gasteiger partial charge in [0.2, 0.25) is 0 Å². The molecule has 0 N–H and O–H groups in total. The first-order valence-corrected chi connectivity index (χ1v) is 10.1. The minimum atomic E-state index is -0.854. The first-order valence-electron chi connectivity index (χ1n) is 9.15. The average molecular weight is 407 g/mol. The molecule has 4 rings (SSSR count). The molecule has 0 unspecified atom stereocenters. The van der Waals surface area contributed by atoms with E-state index in [1.54, 1.807) is 22.7 Å². The van der Waals surface area contributed by atoms with E-state index in [0.717, 1.165) is 16.1 Å². The van der Waals surface area contributed by atoms with E-state index >= 15 is 0 Å². The third-order valence-electron chi connectivity index (χ3n) is 4.71. The number of anilines is 1. The molecule has 146 valence electrons. The summed E-state index contributed by atoms with van der Waals surface area (Å²) in [4.78, 5) is 28.0. The maximum atomic E-state index is 13.8. The minimum Gasteiger partial charge on any atom is -0.452 e. The number of halogens is 1. The molecule has 6 heteroatoms. The number of benzene rings is 3. The molecule has 0 saturated carbocycles. The van der Waals surface area contributed by atoms with Crippen LogP contribution in [0.5, 0.6) is 0 Å². The van der Waals surface area contributed by atoms with Gasteiger partial charge in [-0.2, -0.15) is 0 Å². The molecule has 0 bridgehead atoms. The molecule has 0 saturated heterocycles. The lowest BCUT2D eigenvalue weighted by molar-refractivity contribution is -0.122. The fourth-order valence-electron chi connectivity index (χ4n) is 3.32. The Balaban J connectivity index is 1.58. The van der Waals surface area contributed by atoms with Crippen LogP contribution in [0, 0.1) is 5.82 Å². The maximum Gasteiger partial charge on any atom is 0.341 e. The van der Waals surface area contributed by atoms with Gasteiger partial charge >= 0.3 is 5.97 Å². The summed E-state index contributed by atoms with van der Waals surface area (Å²) in [6.45, 7) is -0.463. The number of ether oxygens (including phenoxy) is 1. The van der Waals surface area contributed by atoms with Crippen LogP contribution in [0.4, 0.5) is 10.1 Å². The number of rotatable bonds is 4. The van der Waals surface area contributed by atoms with Crippen LogP contribution >= 0.6 is 11.8 Å². The van der Waals surface area contributed by atoms with Gasteiger partial charge in [-0.1, -0.05) is 54.6 Å². The number of hydrogen-bond donors (Lipinski definition) is 0. The van der Waals surface area contributed by atoms with Gasteiger partial charge < -0.3 is 4.74 Å². The van der Waals surface area contributed by atoms with Crippen LogP contribution in [0.3, 0.4) is 0 Å². The molecule has 0 aliphatic carbocycles. The number of hydrogen-bond acceptors (Lipinski definition) is 4. The standard InChI is InChI=1S/C23H18FNO3S/c24-18-11-5-4-10-17(18)23(27)28-14-22(26)25-19-12-6-7-13-21(19)29-15-20(25)16-8-2-1-3-9-16/h1-13,20H,14-15H2/t20-/m1/s1. The van der Waals surface area contributed by atoms with Crippen LogP contribution in [-0.4, -0.2) is 24.2 Å². The Labute approximate surface area is 172 Å². The summed E-state index contributed by atoms with van der Waals surface area (Å²) in [6, 6.07) is 22.8. The fourth-order valence-corrected chi connectivity index (χ4v) is 4.49. The Hall–Kier alpha value is -3.12. The van der Waals surface area contributed by atoms with Crippen LogP contribution in [0.2, 0.25) is 0 Å². The number of carbonyl (C=O) groups excluding carboxylic acids is 2. The van der Waals surface area contributed by atoms with Gasteiger partial charge in [-0.3, -0.25) is 9.69 Å². The number of carbonyl (C=O) groups is 2. The Morgan fingerprint density at radius 3 is 2.45 bits per heavy atom. The van der Waals surface area contributed by atoms with E-state index in [0.29, 0.717) is 5.75 Å². The maximum absolute atomic E-state index is 13.8. The molecule has 3 aromatic rings. The van der Waals surface area contributed by atoms with Crippen molar-refractivity contribution in [3.05, 3.63) is 95.8 Å². The molecule has 0 fully saturated rings. The predicted molar refractivity (Wildman–Crippen MR) is 111 cm³/mol. The lowest BCUT2D eigenvalue weighted by Crippen LogP contribution is -2.41. The van der Waals surface area contributed by atoms with E-state index in [1.165, 1.54) is 18.2 Å². The zero-order valence-corrected chi connectivity index (χ0v) is 16.3. The van der Waals surface area contributed by atoms with E-state index in [-0.39, 0.29) is 17.5 Å². The second kappa shape index (κ2) is 8.49. The lowest BCUT2D eigenvalue weighted by atomic mass is 10.1. The number of nitrogens with zero attached hydrogens (tertiary/aromatic N) is 1. The van der Waals surface area contributed by atoms with E-state index < -0.39 is 18.4 Å². The summed E-state index contributed by atoms with van der Waals surface area (Å²) < 4.78 is 18.9. The van der Waals surface area contributed by atoms with Crippen LogP contribution in [-0.2, 0) is 9.53 Å². The summed E-state index contributed by atoms with van der Waals surface area (Å²) in [5.41, 5.74) is 1.60. The first-order chi connectivity index (χ1) is 14.1. The summed E-state index contributed by atoms with van der Waals surface area (Å²) in [5, 5.41) is 0. The molecule has 0 spiro atoms. The highest BCUT2D eigenvalue weighted by molar-refractivity contribution is 7.99. The van der Waals surface area contributed by atoms with Crippen LogP contribution in [0.1, 0.15) is 22.0 Å². The van der Waals surface area contributed by atoms with Gasteiger partial charge in [-0.05, 0) is 29.8 Å². The smallest absolute Gasteiger partial charge is 0.341 e. The fraction of sp³-hybridized carbons (Fsp3) is 0.130. The highest BCUT2D eigenvalue weighted by Crippen LogP contribution is 2.43. The van der Waals surface area contributed by atoms with Crippen molar-refractivity contribution in [2.75, 3.05) is 17.3 Å². The quantitative estimate of drug-likeness (QED) is 0.580. The van der Waals surface area contributed by atoms with Crippen LogP contribution in [0.15, 0.2) is 83.8 Å². The lowest BCUT2D eigenvalue weighted by Gasteiger charge is -2.37. The van der Waals surface area contributed by atoms with Crippen molar-refractivity contribution in [2.24, 2.45) is 0 Å². The van der Waals surface area contributed by atoms with E-state index in [9.17, 15) is 14.0 Å². The van der Waals surface area contributed by atoms with E-state index in [4.69, 9.17) is 4.74 Å². The van der Waals surface area contributed by atoms with Crippen molar-refractivity contribution in [1.29, 1.82) is 0 Å². The van der Waals surface area contributed by atoms with Crippen molar-refractivity contribution < 1.29 is 18.7 Å². The molecule has 0 radical (unpaired) electrons. The summed E-state index contributed by atoms with van der Waals surface area (Å²) in [5.74, 6) is -1.19. The average Bonchev–Trinajstić information content (AvgIpc) is 2.77.